The van der Waals surface area contributed by atoms with Crippen molar-refractivity contribution in [3.8, 4) is 0 Å². The van der Waals surface area contributed by atoms with Gasteiger partial charge in [0.25, 0.3) is 0 Å². The van der Waals surface area contributed by atoms with Gasteiger partial charge in [-0.05, 0) is 48.8 Å². The van der Waals surface area contributed by atoms with Crippen molar-refractivity contribution in [2.75, 3.05) is 0 Å². The van der Waals surface area contributed by atoms with Gasteiger partial charge in [-0.3, -0.25) is 0 Å². The molecule has 1 aromatic carbocycles. The third-order valence-corrected chi connectivity index (χ3v) is 6.29. The second-order valence-electron chi connectivity index (χ2n) is 7.90. The lowest BCUT2D eigenvalue weighted by molar-refractivity contribution is 0.192. The van der Waals surface area contributed by atoms with Gasteiger partial charge in [-0.25, -0.2) is 8.78 Å². The lowest BCUT2D eigenvalue weighted by Gasteiger charge is -2.43. The first kappa shape index (κ1) is 18.4. The van der Waals surface area contributed by atoms with Crippen molar-refractivity contribution in [3.63, 3.8) is 0 Å². The first-order chi connectivity index (χ1) is 12.1. The summed E-state index contributed by atoms with van der Waals surface area (Å²) in [5.41, 5.74) is 0.562. The molecule has 2 aliphatic rings. The van der Waals surface area contributed by atoms with E-state index in [1.807, 2.05) is 6.08 Å². The van der Waals surface area contributed by atoms with Crippen LogP contribution in [0.15, 0.2) is 42.5 Å². The molecule has 0 radical (unpaired) electrons. The van der Waals surface area contributed by atoms with Gasteiger partial charge in [-0.2, -0.15) is 0 Å². The Balaban J connectivity index is 1.76. The second kappa shape index (κ2) is 8.29. The normalized spacial score (nSPS) is 29.1. The van der Waals surface area contributed by atoms with Gasteiger partial charge in [0.1, 0.15) is 11.6 Å². The predicted octanol–water partition coefficient (Wildman–Crippen LogP) is 7.11. The summed E-state index contributed by atoms with van der Waals surface area (Å²) in [7, 11) is 0. The average molecular weight is 344 g/mol. The number of unbranched alkanes of at least 4 members (excludes halogenated alkanes) is 2. The van der Waals surface area contributed by atoms with Gasteiger partial charge in [0.2, 0.25) is 0 Å². The lowest BCUT2D eigenvalue weighted by Crippen LogP contribution is -2.36. The Morgan fingerprint density at radius 2 is 1.68 bits per heavy atom. The van der Waals surface area contributed by atoms with E-state index in [0.29, 0.717) is 5.92 Å². The molecule has 0 amide bonds. The van der Waals surface area contributed by atoms with Gasteiger partial charge in [-0.15, -0.1) is 0 Å². The molecule has 0 saturated heterocycles. The van der Waals surface area contributed by atoms with E-state index in [4.69, 9.17) is 0 Å². The van der Waals surface area contributed by atoms with Crippen molar-refractivity contribution in [3.05, 3.63) is 59.7 Å². The van der Waals surface area contributed by atoms with Crippen LogP contribution in [-0.4, -0.2) is 0 Å². The van der Waals surface area contributed by atoms with E-state index in [1.165, 1.54) is 38.5 Å². The quantitative estimate of drug-likeness (QED) is 0.483. The van der Waals surface area contributed by atoms with Gasteiger partial charge < -0.3 is 0 Å². The van der Waals surface area contributed by atoms with Crippen LogP contribution in [-0.2, 0) is 5.41 Å². The third kappa shape index (κ3) is 4.22. The van der Waals surface area contributed by atoms with Crippen LogP contribution in [0.3, 0.4) is 0 Å². The molecule has 2 aliphatic carbocycles. The van der Waals surface area contributed by atoms with Crippen molar-refractivity contribution >= 4 is 0 Å². The Morgan fingerprint density at radius 3 is 2.28 bits per heavy atom. The molecule has 0 spiro atoms. The molecule has 136 valence electrons. The fraction of sp³-hybridized carbons (Fsp3) is 0.565. The molecule has 1 unspecified atom stereocenters. The van der Waals surface area contributed by atoms with E-state index in [-0.39, 0.29) is 5.41 Å². The molecule has 1 atom stereocenters. The van der Waals surface area contributed by atoms with Crippen LogP contribution in [0.25, 0.3) is 0 Å². The van der Waals surface area contributed by atoms with Gasteiger partial charge >= 0.3 is 0 Å². The summed E-state index contributed by atoms with van der Waals surface area (Å²) in [6, 6.07) is 4.06. The molecule has 25 heavy (non-hydrogen) atoms. The zero-order valence-corrected chi connectivity index (χ0v) is 15.3. The molecule has 1 aromatic rings. The lowest BCUT2D eigenvalue weighted by atomic mass is 9.61. The molecular weight excluding hydrogens is 314 g/mol. The SMILES string of the molecule is CCCCCC1CCC(C2(c3cc(F)cc(F)c3)C=CC=CC2)CC1. The van der Waals surface area contributed by atoms with Crippen LogP contribution >= 0.6 is 0 Å². The summed E-state index contributed by atoms with van der Waals surface area (Å²) in [4.78, 5) is 0. The van der Waals surface area contributed by atoms with Crippen molar-refractivity contribution in [2.24, 2.45) is 11.8 Å². The summed E-state index contributed by atoms with van der Waals surface area (Å²) < 4.78 is 27.7. The van der Waals surface area contributed by atoms with Crippen LogP contribution in [0, 0.1) is 23.5 Å². The monoisotopic (exact) mass is 344 g/mol. The minimum absolute atomic E-state index is 0.244. The molecule has 0 aromatic heterocycles. The van der Waals surface area contributed by atoms with Crippen molar-refractivity contribution in [1.82, 2.24) is 0 Å². The third-order valence-electron chi connectivity index (χ3n) is 6.29. The molecule has 0 aliphatic heterocycles. The van der Waals surface area contributed by atoms with Gasteiger partial charge in [0, 0.05) is 11.5 Å². The fourth-order valence-electron chi connectivity index (χ4n) is 4.86. The molecule has 1 fully saturated rings. The number of halogens is 2. The van der Waals surface area contributed by atoms with Crippen LogP contribution in [0.4, 0.5) is 8.78 Å². The predicted molar refractivity (Wildman–Crippen MR) is 101 cm³/mol. The van der Waals surface area contributed by atoms with Crippen molar-refractivity contribution < 1.29 is 8.78 Å². The van der Waals surface area contributed by atoms with E-state index in [0.717, 1.165) is 36.8 Å². The van der Waals surface area contributed by atoms with Gasteiger partial charge in [0.05, 0.1) is 0 Å². The Hall–Kier alpha value is -1.44. The van der Waals surface area contributed by atoms with Crippen LogP contribution in [0.5, 0.6) is 0 Å². The summed E-state index contributed by atoms with van der Waals surface area (Å²) >= 11 is 0. The Kier molecular flexibility index (Phi) is 6.09. The van der Waals surface area contributed by atoms with Crippen LogP contribution in [0.1, 0.15) is 70.3 Å². The molecule has 0 heterocycles. The molecule has 0 N–H and O–H groups in total. The smallest absolute Gasteiger partial charge is 0.126 e. The van der Waals surface area contributed by atoms with E-state index < -0.39 is 11.6 Å². The van der Waals surface area contributed by atoms with E-state index in [9.17, 15) is 8.78 Å². The standard InChI is InChI=1S/C23H30F2/c1-2-3-5-8-18-9-11-19(12-10-18)23(13-6-4-7-14-23)20-15-21(24)17-22(25)16-20/h4,6-7,13,15-19H,2-3,5,8-12,14H2,1H3. The summed E-state index contributed by atoms with van der Waals surface area (Å²) in [6.07, 6.45) is 19.4. The average Bonchev–Trinajstić information content (AvgIpc) is 2.62. The zero-order valence-electron chi connectivity index (χ0n) is 15.3. The first-order valence-electron chi connectivity index (χ1n) is 9.95. The summed E-state index contributed by atoms with van der Waals surface area (Å²) in [5.74, 6) is 0.376. The van der Waals surface area contributed by atoms with Crippen molar-refractivity contribution in [2.45, 2.75) is 70.1 Å². The van der Waals surface area contributed by atoms with Crippen LogP contribution < -0.4 is 0 Å². The van der Waals surface area contributed by atoms with E-state index >= 15 is 0 Å². The Bertz CT molecular complexity index is 603. The molecule has 3 rings (SSSR count). The largest absolute Gasteiger partial charge is 0.207 e. The number of hydrogen-bond donors (Lipinski definition) is 0. The summed E-state index contributed by atoms with van der Waals surface area (Å²) in [6.45, 7) is 2.25. The highest BCUT2D eigenvalue weighted by molar-refractivity contribution is 5.37. The van der Waals surface area contributed by atoms with Crippen molar-refractivity contribution in [1.29, 1.82) is 0 Å². The molecule has 0 nitrogen and oxygen atoms in total. The van der Waals surface area contributed by atoms with Gasteiger partial charge in [-0.1, -0.05) is 69.8 Å². The fourth-order valence-corrected chi connectivity index (χ4v) is 4.86. The first-order valence-corrected chi connectivity index (χ1v) is 9.95. The maximum atomic E-state index is 13.9. The highest BCUT2D eigenvalue weighted by Gasteiger charge is 2.40. The number of rotatable bonds is 6. The maximum Gasteiger partial charge on any atom is 0.126 e. The Morgan fingerprint density at radius 1 is 0.960 bits per heavy atom. The minimum Gasteiger partial charge on any atom is -0.207 e. The topological polar surface area (TPSA) is 0 Å². The molecular formula is C23H30F2. The zero-order chi connectivity index (χ0) is 17.7. The maximum absolute atomic E-state index is 13.9. The number of allylic oxidation sites excluding steroid dienone is 4. The number of benzene rings is 1. The highest BCUT2D eigenvalue weighted by atomic mass is 19.1. The minimum atomic E-state index is -0.467. The second-order valence-corrected chi connectivity index (χ2v) is 7.90. The van der Waals surface area contributed by atoms with E-state index in [1.54, 1.807) is 12.1 Å². The van der Waals surface area contributed by atoms with E-state index in [2.05, 4.69) is 25.2 Å². The Labute approximate surface area is 151 Å². The summed E-state index contributed by atoms with van der Waals surface area (Å²) in [5, 5.41) is 0. The van der Waals surface area contributed by atoms with Gasteiger partial charge in [0.15, 0.2) is 0 Å². The highest BCUT2D eigenvalue weighted by Crippen LogP contribution is 2.48. The van der Waals surface area contributed by atoms with Crippen LogP contribution in [0.2, 0.25) is 0 Å². The number of hydrogen-bond acceptors (Lipinski definition) is 0. The molecule has 2 heteroatoms. The molecule has 1 saturated carbocycles. The molecule has 0 bridgehead atoms.